The molecule has 0 aliphatic carbocycles. The van der Waals surface area contributed by atoms with Gasteiger partial charge in [0.15, 0.2) is 5.96 Å². The summed E-state index contributed by atoms with van der Waals surface area (Å²) in [6, 6.07) is 0. The number of ether oxygens (including phenoxy) is 1. The van der Waals surface area contributed by atoms with Gasteiger partial charge in [0.2, 0.25) is 5.91 Å². The zero-order valence-electron chi connectivity index (χ0n) is 16.3. The first-order valence-electron chi connectivity index (χ1n) is 8.92. The lowest BCUT2D eigenvalue weighted by molar-refractivity contribution is -0.131. The number of halogens is 1. The third-order valence-electron chi connectivity index (χ3n) is 4.54. The van der Waals surface area contributed by atoms with Gasteiger partial charge in [-0.2, -0.15) is 11.8 Å². The maximum Gasteiger partial charge on any atom is 0.242 e. The van der Waals surface area contributed by atoms with Crippen molar-refractivity contribution in [3.8, 4) is 0 Å². The lowest BCUT2D eigenvalue weighted by Crippen LogP contribution is -2.46. The molecule has 1 fully saturated rings. The van der Waals surface area contributed by atoms with Crippen LogP contribution in [0.25, 0.3) is 0 Å². The molecule has 0 radical (unpaired) electrons. The summed E-state index contributed by atoms with van der Waals surface area (Å²) in [5.41, 5.74) is 0. The molecule has 1 aliphatic rings. The Bertz CT molecular complexity index is 413. The van der Waals surface area contributed by atoms with E-state index in [9.17, 15) is 4.79 Å². The van der Waals surface area contributed by atoms with Crippen LogP contribution < -0.4 is 5.32 Å². The Hall–Kier alpha value is -0.220. The van der Waals surface area contributed by atoms with Crippen molar-refractivity contribution in [3.05, 3.63) is 0 Å². The molecule has 1 rings (SSSR count). The number of hydrogen-bond acceptors (Lipinski definition) is 4. The van der Waals surface area contributed by atoms with Crippen LogP contribution in [0.3, 0.4) is 0 Å². The average molecular weight is 486 g/mol. The summed E-state index contributed by atoms with van der Waals surface area (Å²) in [6.45, 7) is 11.1. The molecule has 1 amide bonds. The largest absolute Gasteiger partial charge is 0.381 e. The van der Waals surface area contributed by atoms with Crippen molar-refractivity contribution in [2.45, 2.75) is 38.4 Å². The van der Waals surface area contributed by atoms with Gasteiger partial charge in [0.1, 0.15) is 0 Å². The van der Waals surface area contributed by atoms with E-state index in [0.717, 1.165) is 58.2 Å². The number of thioether (sulfide) groups is 1. The standard InChI is InChI=1S/C17H34N4O2S.HI/c1-6-18-16(20(4)13-15(22)21(7-2)8-3)19-14-17(24-5)9-11-23-12-10-17;/h6-14H2,1-5H3,(H,18,19);1H. The Morgan fingerprint density at radius 1 is 1.24 bits per heavy atom. The maximum atomic E-state index is 12.3. The monoisotopic (exact) mass is 486 g/mol. The van der Waals surface area contributed by atoms with Gasteiger partial charge >= 0.3 is 0 Å². The van der Waals surface area contributed by atoms with Crippen LogP contribution in [0, 0.1) is 0 Å². The number of amides is 1. The van der Waals surface area contributed by atoms with E-state index in [2.05, 4.69) is 11.6 Å². The summed E-state index contributed by atoms with van der Waals surface area (Å²) in [6.07, 6.45) is 4.21. The Balaban J connectivity index is 0.00000576. The first kappa shape index (κ1) is 24.8. The Morgan fingerprint density at radius 2 is 1.84 bits per heavy atom. The SMILES string of the molecule is CCNC(=NCC1(SC)CCOCC1)N(C)CC(=O)N(CC)CC.I. The molecule has 0 atom stereocenters. The van der Waals surface area contributed by atoms with Crippen LogP contribution in [0.4, 0.5) is 0 Å². The normalized spacial score (nSPS) is 16.8. The number of nitrogens with one attached hydrogen (secondary N) is 1. The van der Waals surface area contributed by atoms with Gasteiger partial charge in [-0.3, -0.25) is 9.79 Å². The van der Waals surface area contributed by atoms with Crippen molar-refractivity contribution >= 4 is 47.6 Å². The first-order chi connectivity index (χ1) is 11.5. The average Bonchev–Trinajstić information content (AvgIpc) is 2.60. The number of guanidine groups is 1. The smallest absolute Gasteiger partial charge is 0.242 e. The molecular weight excluding hydrogens is 451 g/mol. The number of aliphatic imine (C=N–C) groups is 1. The molecule has 0 spiro atoms. The van der Waals surface area contributed by atoms with E-state index in [1.54, 1.807) is 0 Å². The topological polar surface area (TPSA) is 57.2 Å². The minimum Gasteiger partial charge on any atom is -0.381 e. The van der Waals surface area contributed by atoms with Crippen LogP contribution in [-0.2, 0) is 9.53 Å². The lowest BCUT2D eigenvalue weighted by Gasteiger charge is -2.35. The number of nitrogens with zero attached hydrogens (tertiary/aromatic N) is 3. The van der Waals surface area contributed by atoms with Crippen LogP contribution in [0.1, 0.15) is 33.6 Å². The van der Waals surface area contributed by atoms with Gasteiger partial charge in [0, 0.05) is 44.6 Å². The van der Waals surface area contributed by atoms with Crippen molar-refractivity contribution < 1.29 is 9.53 Å². The zero-order valence-corrected chi connectivity index (χ0v) is 19.5. The van der Waals surface area contributed by atoms with Crippen LogP contribution in [-0.4, -0.2) is 85.7 Å². The van der Waals surface area contributed by atoms with E-state index in [1.807, 2.05) is 49.4 Å². The molecule has 0 bridgehead atoms. The summed E-state index contributed by atoms with van der Waals surface area (Å²) < 4.78 is 5.65. The van der Waals surface area contributed by atoms with Crippen LogP contribution in [0.15, 0.2) is 4.99 Å². The quantitative estimate of drug-likeness (QED) is 0.324. The van der Waals surface area contributed by atoms with Crippen molar-refractivity contribution in [1.29, 1.82) is 0 Å². The van der Waals surface area contributed by atoms with Crippen LogP contribution >= 0.6 is 35.7 Å². The number of rotatable bonds is 8. The van der Waals surface area contributed by atoms with Gasteiger partial charge in [0.25, 0.3) is 0 Å². The number of likely N-dealkylation sites (N-methyl/N-ethyl adjacent to an activating group) is 2. The number of carbonyl (C=O) groups is 1. The summed E-state index contributed by atoms with van der Waals surface area (Å²) in [5.74, 6) is 0.941. The molecule has 0 aromatic carbocycles. The molecule has 0 saturated carbocycles. The Kier molecular flexibility index (Phi) is 12.9. The van der Waals surface area contributed by atoms with E-state index in [-0.39, 0.29) is 34.6 Å². The van der Waals surface area contributed by atoms with Gasteiger partial charge in [-0.25, -0.2) is 0 Å². The van der Waals surface area contributed by atoms with Crippen molar-refractivity contribution in [3.63, 3.8) is 0 Å². The van der Waals surface area contributed by atoms with Gasteiger partial charge in [0.05, 0.1) is 13.1 Å². The predicted molar refractivity (Wildman–Crippen MR) is 118 cm³/mol. The van der Waals surface area contributed by atoms with Gasteiger partial charge in [-0.15, -0.1) is 24.0 Å². The summed E-state index contributed by atoms with van der Waals surface area (Å²) in [7, 11) is 1.93. The molecule has 1 N–H and O–H groups in total. The van der Waals surface area contributed by atoms with E-state index in [1.165, 1.54) is 0 Å². The number of hydrogen-bond donors (Lipinski definition) is 1. The Morgan fingerprint density at radius 3 is 2.32 bits per heavy atom. The molecule has 25 heavy (non-hydrogen) atoms. The lowest BCUT2D eigenvalue weighted by atomic mass is 9.99. The second-order valence-corrected chi connectivity index (χ2v) is 7.37. The fourth-order valence-corrected chi connectivity index (χ4v) is 3.58. The van der Waals surface area contributed by atoms with Crippen molar-refractivity contribution in [1.82, 2.24) is 15.1 Å². The highest BCUT2D eigenvalue weighted by atomic mass is 127. The molecule has 0 aromatic rings. The highest BCUT2D eigenvalue weighted by Gasteiger charge is 2.31. The Labute approximate surface area is 174 Å². The predicted octanol–water partition coefficient (Wildman–Crippen LogP) is 2.28. The summed E-state index contributed by atoms with van der Waals surface area (Å²) >= 11 is 1.88. The van der Waals surface area contributed by atoms with Gasteiger partial charge in [-0.1, -0.05) is 0 Å². The number of carbonyl (C=O) groups excluding carboxylic acids is 1. The van der Waals surface area contributed by atoms with E-state index >= 15 is 0 Å². The minimum absolute atomic E-state index is 0. The molecule has 8 heteroatoms. The molecular formula is C17H35IN4O2S. The van der Waals surface area contributed by atoms with E-state index < -0.39 is 0 Å². The van der Waals surface area contributed by atoms with Crippen molar-refractivity contribution in [2.75, 3.05) is 59.2 Å². The van der Waals surface area contributed by atoms with Crippen LogP contribution in [0.2, 0.25) is 0 Å². The second kappa shape index (κ2) is 13.0. The second-order valence-electron chi connectivity index (χ2n) is 6.09. The molecule has 148 valence electrons. The molecule has 0 aromatic heterocycles. The molecule has 1 heterocycles. The maximum absolute atomic E-state index is 12.3. The minimum atomic E-state index is 0. The van der Waals surface area contributed by atoms with Crippen molar-refractivity contribution in [2.24, 2.45) is 4.99 Å². The highest BCUT2D eigenvalue weighted by Crippen LogP contribution is 2.34. The summed E-state index contributed by atoms with van der Waals surface area (Å²) in [5, 5.41) is 3.31. The molecule has 0 unspecified atom stereocenters. The first-order valence-corrected chi connectivity index (χ1v) is 10.1. The molecule has 6 nitrogen and oxygen atoms in total. The molecule has 1 aliphatic heterocycles. The summed E-state index contributed by atoms with van der Waals surface area (Å²) in [4.78, 5) is 20.9. The fourth-order valence-electron chi connectivity index (χ4n) is 2.81. The fraction of sp³-hybridized carbons (Fsp3) is 0.882. The van der Waals surface area contributed by atoms with E-state index in [4.69, 9.17) is 9.73 Å². The van der Waals surface area contributed by atoms with Gasteiger partial charge < -0.3 is 19.9 Å². The zero-order chi connectivity index (χ0) is 18.0. The molecule has 1 saturated heterocycles. The highest BCUT2D eigenvalue weighted by molar-refractivity contribution is 14.0. The van der Waals surface area contributed by atoms with Crippen LogP contribution in [0.5, 0.6) is 0 Å². The third-order valence-corrected chi connectivity index (χ3v) is 5.94. The van der Waals surface area contributed by atoms with E-state index in [0.29, 0.717) is 6.54 Å². The van der Waals surface area contributed by atoms with Gasteiger partial charge in [-0.05, 0) is 39.9 Å². The third kappa shape index (κ3) is 7.90.